The maximum Gasteiger partial charge on any atom is 0.192 e. The number of carbonyl (C=O) groups is 1. The van der Waals surface area contributed by atoms with Crippen molar-refractivity contribution in [1.82, 2.24) is 14.8 Å². The van der Waals surface area contributed by atoms with Crippen molar-refractivity contribution in [3.8, 4) is 0 Å². The van der Waals surface area contributed by atoms with Gasteiger partial charge in [0.05, 0.1) is 11.8 Å². The van der Waals surface area contributed by atoms with Crippen molar-refractivity contribution < 1.29 is 4.79 Å². The van der Waals surface area contributed by atoms with Crippen molar-refractivity contribution in [1.29, 1.82) is 0 Å². The van der Waals surface area contributed by atoms with E-state index < -0.39 is 0 Å². The number of aryl methyl sites for hydroxylation is 4. The molecule has 0 saturated carbocycles. The Bertz CT molecular complexity index is 963. The van der Waals surface area contributed by atoms with Gasteiger partial charge in [0.25, 0.3) is 0 Å². The fraction of sp³-hybridized carbons (Fsp3) is 0.318. The summed E-state index contributed by atoms with van der Waals surface area (Å²) in [5.74, 6) is 0.982. The molecule has 0 aliphatic carbocycles. The molecule has 2 aromatic carbocycles. The van der Waals surface area contributed by atoms with E-state index in [-0.39, 0.29) is 11.0 Å². The van der Waals surface area contributed by atoms with Crippen molar-refractivity contribution in [3.05, 3.63) is 76.1 Å². The predicted molar refractivity (Wildman–Crippen MR) is 111 cm³/mol. The number of rotatable bonds is 6. The Labute approximate surface area is 165 Å². The van der Waals surface area contributed by atoms with E-state index >= 15 is 0 Å². The van der Waals surface area contributed by atoms with Crippen LogP contribution in [0.25, 0.3) is 0 Å². The highest BCUT2D eigenvalue weighted by atomic mass is 32.2. The van der Waals surface area contributed by atoms with E-state index in [0.717, 1.165) is 27.7 Å². The summed E-state index contributed by atoms with van der Waals surface area (Å²) in [6.45, 7) is 10.7. The Morgan fingerprint density at radius 1 is 1.00 bits per heavy atom. The molecule has 5 heteroatoms. The first kappa shape index (κ1) is 19.4. The SMILES string of the molecule is Cc1cc(C)c(C(=O)C(C)Sc2nnc(C)n2Cc2ccccc2)cc1C. The normalized spacial score (nSPS) is 12.2. The summed E-state index contributed by atoms with van der Waals surface area (Å²) >= 11 is 1.47. The van der Waals surface area contributed by atoms with Crippen LogP contribution in [-0.2, 0) is 6.54 Å². The monoisotopic (exact) mass is 379 g/mol. The zero-order valence-electron chi connectivity index (χ0n) is 16.5. The molecule has 0 fully saturated rings. The van der Waals surface area contributed by atoms with Crippen LogP contribution in [0.4, 0.5) is 0 Å². The average molecular weight is 380 g/mol. The van der Waals surface area contributed by atoms with Gasteiger partial charge in [0.2, 0.25) is 0 Å². The molecule has 0 aliphatic heterocycles. The number of aromatic nitrogens is 3. The summed E-state index contributed by atoms with van der Waals surface area (Å²) in [6, 6.07) is 14.3. The quantitative estimate of drug-likeness (QED) is 0.450. The highest BCUT2D eigenvalue weighted by Gasteiger charge is 2.22. The number of hydrogen-bond acceptors (Lipinski definition) is 4. The van der Waals surface area contributed by atoms with E-state index in [1.54, 1.807) is 0 Å². The molecule has 0 radical (unpaired) electrons. The molecule has 3 aromatic rings. The maximum absolute atomic E-state index is 13.0. The van der Waals surface area contributed by atoms with E-state index in [0.29, 0.717) is 6.54 Å². The standard InChI is InChI=1S/C22H25N3OS/c1-14-11-16(3)20(12-15(14)2)21(26)17(4)27-22-24-23-18(5)25(22)13-19-9-7-6-8-10-19/h6-12,17H,13H2,1-5H3. The Morgan fingerprint density at radius 2 is 1.67 bits per heavy atom. The van der Waals surface area contributed by atoms with Gasteiger partial charge >= 0.3 is 0 Å². The van der Waals surface area contributed by atoms with Crippen molar-refractivity contribution in [3.63, 3.8) is 0 Å². The van der Waals surface area contributed by atoms with Gasteiger partial charge in [-0.1, -0.05) is 48.2 Å². The zero-order chi connectivity index (χ0) is 19.6. The van der Waals surface area contributed by atoms with Gasteiger partial charge in [-0.15, -0.1) is 10.2 Å². The second kappa shape index (κ2) is 8.09. The third-order valence-electron chi connectivity index (χ3n) is 4.84. The molecule has 0 saturated heterocycles. The molecule has 0 bridgehead atoms. The lowest BCUT2D eigenvalue weighted by atomic mass is 9.97. The van der Waals surface area contributed by atoms with Crippen LogP contribution in [0.1, 0.15) is 45.4 Å². The van der Waals surface area contributed by atoms with Gasteiger partial charge in [-0.05, 0) is 62.9 Å². The number of ketones is 1. The van der Waals surface area contributed by atoms with Gasteiger partial charge in [0, 0.05) is 5.56 Å². The highest BCUT2D eigenvalue weighted by molar-refractivity contribution is 8.00. The van der Waals surface area contributed by atoms with E-state index in [1.165, 1.54) is 22.9 Å². The number of thioether (sulfide) groups is 1. The minimum Gasteiger partial charge on any atom is -0.302 e. The first-order valence-corrected chi connectivity index (χ1v) is 9.97. The van der Waals surface area contributed by atoms with Crippen molar-refractivity contribution >= 4 is 17.5 Å². The van der Waals surface area contributed by atoms with Gasteiger partial charge in [0.1, 0.15) is 5.82 Å². The molecular formula is C22H25N3OS. The van der Waals surface area contributed by atoms with Crippen LogP contribution in [0.3, 0.4) is 0 Å². The van der Waals surface area contributed by atoms with Crippen molar-refractivity contribution in [2.45, 2.75) is 51.6 Å². The molecule has 1 heterocycles. The third kappa shape index (κ3) is 4.30. The summed E-state index contributed by atoms with van der Waals surface area (Å²) in [5, 5.41) is 9.07. The zero-order valence-corrected chi connectivity index (χ0v) is 17.3. The summed E-state index contributed by atoms with van der Waals surface area (Å²) in [5.41, 5.74) is 5.36. The molecule has 1 unspecified atom stereocenters. The number of benzene rings is 2. The van der Waals surface area contributed by atoms with Crippen LogP contribution >= 0.6 is 11.8 Å². The summed E-state index contributed by atoms with van der Waals surface area (Å²) in [4.78, 5) is 13.0. The van der Waals surface area contributed by atoms with E-state index in [9.17, 15) is 4.79 Å². The molecule has 0 amide bonds. The van der Waals surface area contributed by atoms with E-state index in [4.69, 9.17) is 0 Å². The van der Waals surface area contributed by atoms with Crippen LogP contribution in [0.15, 0.2) is 47.6 Å². The number of hydrogen-bond donors (Lipinski definition) is 0. The van der Waals surface area contributed by atoms with Gasteiger partial charge in [0.15, 0.2) is 10.9 Å². The molecule has 1 aromatic heterocycles. The highest BCUT2D eigenvalue weighted by Crippen LogP contribution is 2.27. The predicted octanol–water partition coefficient (Wildman–Crippen LogP) is 4.92. The van der Waals surface area contributed by atoms with Crippen molar-refractivity contribution in [2.75, 3.05) is 0 Å². The van der Waals surface area contributed by atoms with Gasteiger partial charge in [-0.3, -0.25) is 4.79 Å². The molecular weight excluding hydrogens is 354 g/mol. The lowest BCUT2D eigenvalue weighted by Crippen LogP contribution is -2.16. The Hall–Kier alpha value is -2.40. The summed E-state index contributed by atoms with van der Waals surface area (Å²) < 4.78 is 2.07. The smallest absolute Gasteiger partial charge is 0.192 e. The maximum atomic E-state index is 13.0. The molecule has 1 atom stereocenters. The molecule has 0 spiro atoms. The van der Waals surface area contributed by atoms with Crippen LogP contribution < -0.4 is 0 Å². The van der Waals surface area contributed by atoms with Gasteiger partial charge in [-0.25, -0.2) is 0 Å². The van der Waals surface area contributed by atoms with Crippen LogP contribution in [-0.4, -0.2) is 25.8 Å². The second-order valence-electron chi connectivity index (χ2n) is 6.98. The van der Waals surface area contributed by atoms with Crippen LogP contribution in [0.2, 0.25) is 0 Å². The fourth-order valence-corrected chi connectivity index (χ4v) is 4.02. The minimum atomic E-state index is -0.232. The van der Waals surface area contributed by atoms with Crippen LogP contribution in [0, 0.1) is 27.7 Å². The Morgan fingerprint density at radius 3 is 2.37 bits per heavy atom. The second-order valence-corrected chi connectivity index (χ2v) is 8.29. The average Bonchev–Trinajstić information content (AvgIpc) is 2.98. The van der Waals surface area contributed by atoms with Crippen molar-refractivity contribution in [2.24, 2.45) is 0 Å². The third-order valence-corrected chi connectivity index (χ3v) is 5.92. The lowest BCUT2D eigenvalue weighted by Gasteiger charge is -2.15. The molecule has 27 heavy (non-hydrogen) atoms. The van der Waals surface area contributed by atoms with E-state index in [2.05, 4.69) is 39.9 Å². The van der Waals surface area contributed by atoms with Crippen LogP contribution in [0.5, 0.6) is 0 Å². The fourth-order valence-electron chi connectivity index (χ4n) is 3.05. The van der Waals surface area contributed by atoms with Gasteiger partial charge in [-0.2, -0.15) is 0 Å². The lowest BCUT2D eigenvalue weighted by molar-refractivity contribution is 0.0993. The number of carbonyl (C=O) groups excluding carboxylic acids is 1. The molecule has 140 valence electrons. The summed E-state index contributed by atoms with van der Waals surface area (Å²) in [6.07, 6.45) is 0. The largest absolute Gasteiger partial charge is 0.302 e. The summed E-state index contributed by atoms with van der Waals surface area (Å²) in [7, 11) is 0. The topological polar surface area (TPSA) is 47.8 Å². The molecule has 3 rings (SSSR count). The van der Waals surface area contributed by atoms with E-state index in [1.807, 2.05) is 52.0 Å². The first-order chi connectivity index (χ1) is 12.9. The Kier molecular flexibility index (Phi) is 5.80. The van der Waals surface area contributed by atoms with Gasteiger partial charge < -0.3 is 4.57 Å². The first-order valence-electron chi connectivity index (χ1n) is 9.09. The molecule has 0 aliphatic rings. The number of Topliss-reactive ketones (excluding diaryl/α,β-unsaturated/α-hetero) is 1. The minimum absolute atomic E-state index is 0.132. The molecule has 4 nitrogen and oxygen atoms in total. The number of nitrogens with zero attached hydrogens (tertiary/aromatic N) is 3. The Balaban J connectivity index is 1.81. The molecule has 0 N–H and O–H groups in total.